The molecule has 2 aromatic rings. The van der Waals surface area contributed by atoms with E-state index in [4.69, 9.17) is 10.5 Å². The summed E-state index contributed by atoms with van der Waals surface area (Å²) in [6.45, 7) is 3.98. The van der Waals surface area contributed by atoms with Crippen LogP contribution in [0.4, 0.5) is 5.82 Å². The summed E-state index contributed by atoms with van der Waals surface area (Å²) in [6.07, 6.45) is 0.836. The van der Waals surface area contributed by atoms with Crippen LogP contribution in [0.15, 0.2) is 0 Å². The topological polar surface area (TPSA) is 70.9 Å². The van der Waals surface area contributed by atoms with Crippen LogP contribution in [-0.4, -0.2) is 26.4 Å². The van der Waals surface area contributed by atoms with Crippen LogP contribution in [0.1, 0.15) is 18.4 Å². The standard InChI is InChI=1S/C12H19N5O/c1-6-8-14-10(11(13)16(8)3)9-7(2)15-17(4)12(9)18-5/h6,13H2,1-5H3. The molecule has 2 aromatic heterocycles. The van der Waals surface area contributed by atoms with Crippen LogP contribution in [0.5, 0.6) is 5.88 Å². The fraction of sp³-hybridized carbons (Fsp3) is 0.500. The van der Waals surface area contributed by atoms with Gasteiger partial charge in [-0.05, 0) is 6.92 Å². The van der Waals surface area contributed by atoms with E-state index >= 15 is 0 Å². The second kappa shape index (κ2) is 4.36. The third-order valence-electron chi connectivity index (χ3n) is 3.15. The molecule has 2 rings (SSSR count). The van der Waals surface area contributed by atoms with E-state index in [2.05, 4.69) is 17.0 Å². The minimum Gasteiger partial charge on any atom is -0.481 e. The van der Waals surface area contributed by atoms with Crippen molar-refractivity contribution >= 4 is 5.82 Å². The normalized spacial score (nSPS) is 10.9. The predicted octanol–water partition coefficient (Wildman–Crippen LogP) is 1.28. The fourth-order valence-corrected chi connectivity index (χ4v) is 2.20. The Kier molecular flexibility index (Phi) is 3.02. The molecule has 0 radical (unpaired) electrons. The number of methoxy groups -OCH3 is 1. The molecule has 0 saturated heterocycles. The van der Waals surface area contributed by atoms with Gasteiger partial charge in [0.1, 0.15) is 17.3 Å². The Hall–Kier alpha value is -1.98. The quantitative estimate of drug-likeness (QED) is 0.889. The molecule has 0 saturated carbocycles. The molecule has 0 aliphatic carbocycles. The summed E-state index contributed by atoms with van der Waals surface area (Å²) in [4.78, 5) is 4.59. The van der Waals surface area contributed by atoms with Crippen LogP contribution >= 0.6 is 0 Å². The zero-order valence-electron chi connectivity index (χ0n) is 11.5. The maximum atomic E-state index is 6.12. The number of hydrogen-bond donors (Lipinski definition) is 1. The lowest BCUT2D eigenvalue weighted by molar-refractivity contribution is 0.374. The van der Waals surface area contributed by atoms with Gasteiger partial charge in [0.05, 0.1) is 18.4 Å². The largest absolute Gasteiger partial charge is 0.481 e. The third-order valence-corrected chi connectivity index (χ3v) is 3.15. The van der Waals surface area contributed by atoms with Gasteiger partial charge in [-0.15, -0.1) is 0 Å². The Morgan fingerprint density at radius 3 is 2.50 bits per heavy atom. The number of rotatable bonds is 3. The van der Waals surface area contributed by atoms with Gasteiger partial charge in [-0.1, -0.05) is 6.92 Å². The molecule has 0 spiro atoms. The van der Waals surface area contributed by atoms with Crippen LogP contribution in [-0.2, 0) is 20.5 Å². The molecule has 6 nitrogen and oxygen atoms in total. The number of nitrogen functional groups attached to an aromatic ring is 1. The van der Waals surface area contributed by atoms with Gasteiger partial charge in [-0.25, -0.2) is 9.67 Å². The van der Waals surface area contributed by atoms with Crippen LogP contribution < -0.4 is 10.5 Å². The van der Waals surface area contributed by atoms with E-state index in [1.165, 1.54) is 0 Å². The molecule has 2 heterocycles. The van der Waals surface area contributed by atoms with Crippen molar-refractivity contribution in [3.63, 3.8) is 0 Å². The number of nitrogens with two attached hydrogens (primary N) is 1. The van der Waals surface area contributed by atoms with Crippen molar-refractivity contribution in [2.75, 3.05) is 12.8 Å². The Labute approximate surface area is 106 Å². The van der Waals surface area contributed by atoms with Gasteiger partial charge in [0.15, 0.2) is 0 Å². The van der Waals surface area contributed by atoms with Gasteiger partial charge in [0, 0.05) is 20.5 Å². The molecule has 0 aliphatic heterocycles. The number of anilines is 1. The maximum Gasteiger partial charge on any atom is 0.221 e. The van der Waals surface area contributed by atoms with Crippen LogP contribution in [0.2, 0.25) is 0 Å². The third kappa shape index (κ3) is 1.64. The highest BCUT2D eigenvalue weighted by Gasteiger charge is 2.22. The number of nitrogens with zero attached hydrogens (tertiary/aromatic N) is 4. The average molecular weight is 249 g/mol. The molecule has 2 N–H and O–H groups in total. The molecule has 18 heavy (non-hydrogen) atoms. The molecule has 0 atom stereocenters. The van der Waals surface area contributed by atoms with E-state index < -0.39 is 0 Å². The highest BCUT2D eigenvalue weighted by molar-refractivity contribution is 5.77. The molecule has 6 heteroatoms. The second-order valence-electron chi connectivity index (χ2n) is 4.27. The first kappa shape index (κ1) is 12.5. The lowest BCUT2D eigenvalue weighted by atomic mass is 10.2. The van der Waals surface area contributed by atoms with Crippen molar-refractivity contribution < 1.29 is 4.74 Å². The monoisotopic (exact) mass is 249 g/mol. The predicted molar refractivity (Wildman–Crippen MR) is 70.5 cm³/mol. The summed E-state index contributed by atoms with van der Waals surface area (Å²) in [5, 5.41) is 4.35. The molecule has 0 amide bonds. The molecule has 0 bridgehead atoms. The van der Waals surface area contributed by atoms with Crippen molar-refractivity contribution in [3.05, 3.63) is 11.5 Å². The Bertz CT molecular complexity index is 582. The minimum atomic E-state index is 0.640. The summed E-state index contributed by atoms with van der Waals surface area (Å²) >= 11 is 0. The van der Waals surface area contributed by atoms with Crippen LogP contribution in [0, 0.1) is 6.92 Å². The molecular weight excluding hydrogens is 230 g/mol. The van der Waals surface area contributed by atoms with Gasteiger partial charge in [0.2, 0.25) is 5.88 Å². The van der Waals surface area contributed by atoms with E-state index in [1.54, 1.807) is 11.8 Å². The number of imidazole rings is 1. The van der Waals surface area contributed by atoms with Crippen molar-refractivity contribution in [3.8, 4) is 17.1 Å². The fourth-order valence-electron chi connectivity index (χ4n) is 2.20. The van der Waals surface area contributed by atoms with E-state index in [0.717, 1.165) is 29.2 Å². The van der Waals surface area contributed by atoms with E-state index in [0.29, 0.717) is 11.7 Å². The van der Waals surface area contributed by atoms with E-state index in [9.17, 15) is 0 Å². The molecule has 0 unspecified atom stereocenters. The van der Waals surface area contributed by atoms with Gasteiger partial charge in [-0.3, -0.25) is 0 Å². The zero-order chi connectivity index (χ0) is 13.4. The van der Waals surface area contributed by atoms with Crippen LogP contribution in [0.25, 0.3) is 11.3 Å². The maximum absolute atomic E-state index is 6.12. The van der Waals surface area contributed by atoms with Crippen molar-refractivity contribution in [1.82, 2.24) is 19.3 Å². The molecule has 0 fully saturated rings. The zero-order valence-corrected chi connectivity index (χ0v) is 11.5. The summed E-state index contributed by atoms with van der Waals surface area (Å²) in [6, 6.07) is 0. The smallest absolute Gasteiger partial charge is 0.221 e. The first-order valence-electron chi connectivity index (χ1n) is 5.90. The van der Waals surface area contributed by atoms with Gasteiger partial charge in [0.25, 0.3) is 0 Å². The Balaban J connectivity index is 2.69. The van der Waals surface area contributed by atoms with Gasteiger partial charge < -0.3 is 15.0 Å². The molecule has 0 aromatic carbocycles. The molecule has 98 valence electrons. The lowest BCUT2D eigenvalue weighted by Crippen LogP contribution is -2.00. The highest BCUT2D eigenvalue weighted by atomic mass is 16.5. The number of aryl methyl sites for hydroxylation is 3. The molecular formula is C12H19N5O. The summed E-state index contributed by atoms with van der Waals surface area (Å²) in [7, 11) is 5.39. The van der Waals surface area contributed by atoms with Crippen molar-refractivity contribution in [1.29, 1.82) is 0 Å². The van der Waals surface area contributed by atoms with E-state index in [1.807, 2.05) is 25.6 Å². The minimum absolute atomic E-state index is 0.640. The molecule has 0 aliphatic rings. The Morgan fingerprint density at radius 2 is 2.00 bits per heavy atom. The number of aromatic nitrogens is 4. The summed E-state index contributed by atoms with van der Waals surface area (Å²) in [5.74, 6) is 2.27. The van der Waals surface area contributed by atoms with Gasteiger partial charge in [-0.2, -0.15) is 5.10 Å². The van der Waals surface area contributed by atoms with E-state index in [-0.39, 0.29) is 0 Å². The second-order valence-corrected chi connectivity index (χ2v) is 4.27. The first-order valence-corrected chi connectivity index (χ1v) is 5.90. The SMILES string of the molecule is CCc1nc(-c2c(C)nn(C)c2OC)c(N)n1C. The average Bonchev–Trinajstić information content (AvgIpc) is 2.77. The van der Waals surface area contributed by atoms with Crippen LogP contribution in [0.3, 0.4) is 0 Å². The summed E-state index contributed by atoms with van der Waals surface area (Å²) < 4.78 is 8.99. The first-order chi connectivity index (χ1) is 8.51. The number of hydrogen-bond acceptors (Lipinski definition) is 4. The van der Waals surface area contributed by atoms with Crippen molar-refractivity contribution in [2.24, 2.45) is 14.1 Å². The Morgan fingerprint density at radius 1 is 1.33 bits per heavy atom. The number of ether oxygens (including phenoxy) is 1. The summed E-state index contributed by atoms with van der Waals surface area (Å²) in [5.41, 5.74) is 8.60. The highest BCUT2D eigenvalue weighted by Crippen LogP contribution is 2.35. The lowest BCUT2D eigenvalue weighted by Gasteiger charge is -2.03. The van der Waals surface area contributed by atoms with Gasteiger partial charge >= 0.3 is 0 Å². The van der Waals surface area contributed by atoms with Crippen molar-refractivity contribution in [2.45, 2.75) is 20.3 Å².